The molecule has 7 nitrogen and oxygen atoms in total. The Hall–Kier alpha value is -2.52. The molecule has 3 rings (SSSR count). The van der Waals surface area contributed by atoms with E-state index in [1.807, 2.05) is 6.92 Å². The fraction of sp³-hybridized carbons (Fsp3) is 0.222. The Balaban J connectivity index is 1.85. The van der Waals surface area contributed by atoms with E-state index in [4.69, 9.17) is 0 Å². The van der Waals surface area contributed by atoms with Gasteiger partial charge in [0.25, 0.3) is 10.0 Å². The molecule has 0 unspecified atom stereocenters. The molecule has 9 heteroatoms. The molecular weight excluding hydrogens is 388 g/mol. The predicted molar refractivity (Wildman–Crippen MR) is 104 cm³/mol. The van der Waals surface area contributed by atoms with E-state index in [2.05, 4.69) is 14.8 Å². The molecule has 2 aromatic carbocycles. The maximum atomic E-state index is 12.7. The Morgan fingerprint density at radius 3 is 2.59 bits per heavy atom. The number of ether oxygens (including phenoxy) is 1. The lowest BCUT2D eigenvalue weighted by Gasteiger charge is -2.12. The monoisotopic (exact) mass is 406 g/mol. The Kier molecular flexibility index (Phi) is 5.43. The van der Waals surface area contributed by atoms with E-state index < -0.39 is 16.0 Å². The molecule has 0 saturated carbocycles. The lowest BCUT2D eigenvalue weighted by molar-refractivity contribution is -0.116. The molecule has 0 radical (unpaired) electrons. The van der Waals surface area contributed by atoms with Crippen molar-refractivity contribution in [1.82, 2.24) is 0 Å². The molecule has 142 valence electrons. The number of fused-ring (bicyclic) bond motifs is 1. The van der Waals surface area contributed by atoms with Crippen molar-refractivity contribution in [3.05, 3.63) is 48.0 Å². The van der Waals surface area contributed by atoms with Crippen LogP contribution in [-0.4, -0.2) is 32.7 Å². The van der Waals surface area contributed by atoms with Gasteiger partial charge in [0.15, 0.2) is 0 Å². The van der Waals surface area contributed by atoms with Crippen LogP contribution in [0.25, 0.3) is 0 Å². The second kappa shape index (κ2) is 7.61. The number of carbonyl (C=O) groups is 2. The number of esters is 1. The molecule has 1 atom stereocenters. The van der Waals surface area contributed by atoms with Gasteiger partial charge in [0.05, 0.1) is 23.3 Å². The van der Waals surface area contributed by atoms with Gasteiger partial charge in [0.1, 0.15) is 0 Å². The number of rotatable bonds is 4. The molecule has 2 aromatic rings. The molecule has 0 bridgehead atoms. The van der Waals surface area contributed by atoms with Gasteiger partial charge >= 0.3 is 5.97 Å². The number of nitrogens with one attached hydrogen (secondary N) is 2. The summed E-state index contributed by atoms with van der Waals surface area (Å²) in [6.07, 6.45) is 0.367. The van der Waals surface area contributed by atoms with Crippen LogP contribution in [0.15, 0.2) is 52.3 Å². The summed E-state index contributed by atoms with van der Waals surface area (Å²) in [4.78, 5) is 24.2. The molecule has 0 spiro atoms. The average Bonchev–Trinajstić information content (AvgIpc) is 2.76. The van der Waals surface area contributed by atoms with E-state index in [0.29, 0.717) is 23.4 Å². The number of thioether (sulfide) groups is 1. The summed E-state index contributed by atoms with van der Waals surface area (Å²) in [7, 11) is -2.58. The number of carbonyl (C=O) groups excluding carboxylic acids is 2. The summed E-state index contributed by atoms with van der Waals surface area (Å²) < 4.78 is 32.4. The zero-order valence-electron chi connectivity index (χ0n) is 14.7. The Bertz CT molecular complexity index is 987. The first-order chi connectivity index (χ1) is 12.8. The molecule has 0 saturated heterocycles. The van der Waals surface area contributed by atoms with Crippen LogP contribution in [0.4, 0.5) is 11.4 Å². The third kappa shape index (κ3) is 4.42. The van der Waals surface area contributed by atoms with Crippen LogP contribution < -0.4 is 10.0 Å². The summed E-state index contributed by atoms with van der Waals surface area (Å²) >= 11 is 1.52. The second-order valence-electron chi connectivity index (χ2n) is 6.01. The number of amides is 1. The van der Waals surface area contributed by atoms with Gasteiger partial charge in [-0.05, 0) is 42.5 Å². The van der Waals surface area contributed by atoms with E-state index in [0.717, 1.165) is 4.90 Å². The van der Waals surface area contributed by atoms with Crippen LogP contribution >= 0.6 is 11.8 Å². The van der Waals surface area contributed by atoms with E-state index >= 15 is 0 Å². The van der Waals surface area contributed by atoms with Gasteiger partial charge in [-0.25, -0.2) is 13.2 Å². The maximum Gasteiger partial charge on any atom is 0.337 e. The quantitative estimate of drug-likeness (QED) is 0.757. The fourth-order valence-electron chi connectivity index (χ4n) is 2.60. The third-order valence-electron chi connectivity index (χ3n) is 3.89. The number of benzene rings is 2. The minimum atomic E-state index is -3.86. The van der Waals surface area contributed by atoms with E-state index in [9.17, 15) is 18.0 Å². The first-order valence-electron chi connectivity index (χ1n) is 8.10. The molecule has 1 aliphatic rings. The van der Waals surface area contributed by atoms with Crippen LogP contribution in [0, 0.1) is 0 Å². The van der Waals surface area contributed by atoms with Crippen molar-refractivity contribution in [2.45, 2.75) is 28.4 Å². The first kappa shape index (κ1) is 19.2. The minimum absolute atomic E-state index is 0.0359. The van der Waals surface area contributed by atoms with Crippen LogP contribution in [0.5, 0.6) is 0 Å². The number of hydrogen-bond acceptors (Lipinski definition) is 6. The Morgan fingerprint density at radius 2 is 1.93 bits per heavy atom. The normalized spacial score (nSPS) is 16.7. The molecular formula is C18H18N2O5S2. The van der Waals surface area contributed by atoms with Gasteiger partial charge in [-0.2, -0.15) is 0 Å². The second-order valence-corrected chi connectivity index (χ2v) is 9.18. The summed E-state index contributed by atoms with van der Waals surface area (Å²) in [5.41, 5.74) is 1.11. The van der Waals surface area contributed by atoms with Gasteiger partial charge in [0, 0.05) is 22.3 Å². The highest BCUT2D eigenvalue weighted by Gasteiger charge is 2.22. The molecule has 0 aromatic heterocycles. The van der Waals surface area contributed by atoms with Crippen LogP contribution in [0.1, 0.15) is 23.7 Å². The molecule has 0 aliphatic carbocycles. The SMILES string of the molecule is COC(=O)c1ccc(NS(=O)(=O)c2ccc3c(c2)NC(=O)C[C@@H](C)S3)cc1. The fourth-order valence-corrected chi connectivity index (χ4v) is 4.74. The lowest BCUT2D eigenvalue weighted by Crippen LogP contribution is -2.15. The number of hydrogen-bond donors (Lipinski definition) is 2. The molecule has 1 amide bonds. The van der Waals surface area contributed by atoms with Gasteiger partial charge < -0.3 is 10.1 Å². The Morgan fingerprint density at radius 1 is 1.22 bits per heavy atom. The predicted octanol–water partition coefficient (Wildman–Crippen LogP) is 3.10. The van der Waals surface area contributed by atoms with E-state index in [-0.39, 0.29) is 16.1 Å². The van der Waals surface area contributed by atoms with E-state index in [1.54, 1.807) is 6.07 Å². The topological polar surface area (TPSA) is 102 Å². The third-order valence-corrected chi connectivity index (χ3v) is 6.45. The highest BCUT2D eigenvalue weighted by molar-refractivity contribution is 8.00. The number of sulfonamides is 1. The lowest BCUT2D eigenvalue weighted by atomic mass is 10.2. The minimum Gasteiger partial charge on any atom is -0.465 e. The standard InChI is InChI=1S/C18H18N2O5S2/c1-11-9-17(21)19-15-10-14(7-8-16(15)26-11)27(23,24)20-13-5-3-12(4-6-13)18(22)25-2/h3-8,10-11,20H,9H2,1-2H3,(H,19,21)/t11-/m1/s1. The zero-order valence-corrected chi connectivity index (χ0v) is 16.3. The van der Waals surface area contributed by atoms with Crippen molar-refractivity contribution in [3.8, 4) is 0 Å². The van der Waals surface area contributed by atoms with Crippen molar-refractivity contribution >= 4 is 45.0 Å². The summed E-state index contributed by atoms with van der Waals surface area (Å²) in [6, 6.07) is 10.5. The van der Waals surface area contributed by atoms with Crippen molar-refractivity contribution in [1.29, 1.82) is 0 Å². The van der Waals surface area contributed by atoms with Crippen LogP contribution in [0.2, 0.25) is 0 Å². The van der Waals surface area contributed by atoms with Crippen LogP contribution in [0.3, 0.4) is 0 Å². The number of methoxy groups -OCH3 is 1. The largest absolute Gasteiger partial charge is 0.465 e. The summed E-state index contributed by atoms with van der Waals surface area (Å²) in [5.74, 6) is -0.646. The molecule has 0 fully saturated rings. The van der Waals surface area contributed by atoms with Gasteiger partial charge in [-0.15, -0.1) is 11.8 Å². The summed E-state index contributed by atoms with van der Waals surface area (Å²) in [6.45, 7) is 1.95. The van der Waals surface area contributed by atoms with Crippen molar-refractivity contribution in [2.75, 3.05) is 17.1 Å². The van der Waals surface area contributed by atoms with Gasteiger partial charge in [-0.1, -0.05) is 6.92 Å². The molecule has 1 aliphatic heterocycles. The smallest absolute Gasteiger partial charge is 0.337 e. The van der Waals surface area contributed by atoms with Gasteiger partial charge in [-0.3, -0.25) is 9.52 Å². The summed E-state index contributed by atoms with van der Waals surface area (Å²) in [5, 5.41) is 2.86. The van der Waals surface area contributed by atoms with Crippen molar-refractivity contribution < 1.29 is 22.7 Å². The highest BCUT2D eigenvalue weighted by atomic mass is 32.2. The molecule has 1 heterocycles. The van der Waals surface area contributed by atoms with Crippen molar-refractivity contribution in [2.24, 2.45) is 0 Å². The molecule has 27 heavy (non-hydrogen) atoms. The average molecular weight is 406 g/mol. The zero-order chi connectivity index (χ0) is 19.6. The number of anilines is 2. The Labute approximate surface area is 161 Å². The highest BCUT2D eigenvalue weighted by Crippen LogP contribution is 2.36. The van der Waals surface area contributed by atoms with Crippen LogP contribution in [-0.2, 0) is 19.6 Å². The first-order valence-corrected chi connectivity index (χ1v) is 10.5. The van der Waals surface area contributed by atoms with Gasteiger partial charge in [0.2, 0.25) is 5.91 Å². The maximum absolute atomic E-state index is 12.7. The van der Waals surface area contributed by atoms with E-state index in [1.165, 1.54) is 55.3 Å². The molecule has 2 N–H and O–H groups in total. The van der Waals surface area contributed by atoms with Crippen molar-refractivity contribution in [3.63, 3.8) is 0 Å².